The first kappa shape index (κ1) is 17.0. The molecular weight excluding hydrogens is 278 g/mol. The van der Waals surface area contributed by atoms with Crippen LogP contribution in [-0.4, -0.2) is 36.2 Å². The molecule has 3 atom stereocenters. The van der Waals surface area contributed by atoms with E-state index in [0.717, 1.165) is 31.8 Å². The standard InChI is InChI=1S/C18H31NOS/c1-18(2,3)15-7-8-17(20)14(12-15)13-19(4)10-9-16-6-5-11-21-16/h5-6,11,14-15,17,20H,7-10,12-13H2,1-4H3. The number of thiophene rings is 1. The smallest absolute Gasteiger partial charge is 0.0580 e. The molecule has 1 saturated carbocycles. The molecule has 0 amide bonds. The predicted octanol–water partition coefficient (Wildman–Crippen LogP) is 4.05. The van der Waals surface area contributed by atoms with Crippen LogP contribution in [0.1, 0.15) is 44.9 Å². The maximum absolute atomic E-state index is 10.3. The van der Waals surface area contributed by atoms with E-state index in [2.05, 4.69) is 50.2 Å². The van der Waals surface area contributed by atoms with E-state index in [1.807, 2.05) is 11.3 Å². The first-order valence-electron chi connectivity index (χ1n) is 8.25. The van der Waals surface area contributed by atoms with Gasteiger partial charge < -0.3 is 10.0 Å². The molecule has 2 rings (SSSR count). The molecule has 1 aliphatic carbocycles. The van der Waals surface area contributed by atoms with Crippen LogP contribution >= 0.6 is 11.3 Å². The summed E-state index contributed by atoms with van der Waals surface area (Å²) in [6.45, 7) is 9.13. The molecule has 2 nitrogen and oxygen atoms in total. The molecule has 0 saturated heterocycles. The number of rotatable bonds is 5. The highest BCUT2D eigenvalue weighted by Gasteiger charge is 2.35. The minimum atomic E-state index is -0.104. The predicted molar refractivity (Wildman–Crippen MR) is 91.8 cm³/mol. The summed E-state index contributed by atoms with van der Waals surface area (Å²) in [5.74, 6) is 1.19. The number of likely N-dealkylation sites (N-methyl/N-ethyl adjacent to an activating group) is 1. The summed E-state index contributed by atoms with van der Waals surface area (Å²) in [6.07, 6.45) is 4.35. The van der Waals surface area contributed by atoms with E-state index in [1.54, 1.807) is 0 Å². The summed E-state index contributed by atoms with van der Waals surface area (Å²) in [4.78, 5) is 3.86. The third-order valence-corrected chi connectivity index (χ3v) is 5.97. The number of hydrogen-bond donors (Lipinski definition) is 1. The SMILES string of the molecule is CN(CCc1cccs1)CC1CC(C(C)(C)C)CCC1O. The molecule has 1 fully saturated rings. The maximum Gasteiger partial charge on any atom is 0.0580 e. The highest BCUT2D eigenvalue weighted by atomic mass is 32.1. The van der Waals surface area contributed by atoms with E-state index in [0.29, 0.717) is 11.3 Å². The van der Waals surface area contributed by atoms with Crippen molar-refractivity contribution in [3.05, 3.63) is 22.4 Å². The van der Waals surface area contributed by atoms with Crippen molar-refractivity contribution >= 4 is 11.3 Å². The highest BCUT2D eigenvalue weighted by molar-refractivity contribution is 7.09. The highest BCUT2D eigenvalue weighted by Crippen LogP contribution is 2.40. The van der Waals surface area contributed by atoms with Crippen molar-refractivity contribution in [1.29, 1.82) is 0 Å². The van der Waals surface area contributed by atoms with Crippen LogP contribution in [0.15, 0.2) is 17.5 Å². The summed E-state index contributed by atoms with van der Waals surface area (Å²) in [5, 5.41) is 12.5. The lowest BCUT2D eigenvalue weighted by Gasteiger charge is -2.41. The first-order valence-corrected chi connectivity index (χ1v) is 9.13. The van der Waals surface area contributed by atoms with Gasteiger partial charge in [-0.15, -0.1) is 11.3 Å². The number of aliphatic hydroxyl groups excluding tert-OH is 1. The number of nitrogens with zero attached hydrogens (tertiary/aromatic N) is 1. The van der Waals surface area contributed by atoms with E-state index < -0.39 is 0 Å². The molecular formula is C18H31NOS. The van der Waals surface area contributed by atoms with Crippen molar-refractivity contribution in [3.63, 3.8) is 0 Å². The van der Waals surface area contributed by atoms with Crippen molar-refractivity contribution in [2.24, 2.45) is 17.3 Å². The van der Waals surface area contributed by atoms with Gasteiger partial charge in [-0.1, -0.05) is 26.8 Å². The molecule has 1 aromatic rings. The van der Waals surface area contributed by atoms with Gasteiger partial charge >= 0.3 is 0 Å². The molecule has 0 spiro atoms. The second-order valence-corrected chi connectivity index (χ2v) is 8.83. The van der Waals surface area contributed by atoms with E-state index in [1.165, 1.54) is 17.7 Å². The lowest BCUT2D eigenvalue weighted by molar-refractivity contribution is 0.00666. The zero-order valence-corrected chi connectivity index (χ0v) is 14.8. The van der Waals surface area contributed by atoms with Crippen LogP contribution in [0.3, 0.4) is 0 Å². The molecule has 1 aliphatic rings. The lowest BCUT2D eigenvalue weighted by atomic mass is 9.68. The van der Waals surface area contributed by atoms with Crippen LogP contribution < -0.4 is 0 Å². The van der Waals surface area contributed by atoms with Gasteiger partial charge in [-0.2, -0.15) is 0 Å². The van der Waals surface area contributed by atoms with E-state index in [4.69, 9.17) is 0 Å². The van der Waals surface area contributed by atoms with Crippen molar-refractivity contribution in [3.8, 4) is 0 Å². The topological polar surface area (TPSA) is 23.5 Å². The Balaban J connectivity index is 1.82. The quantitative estimate of drug-likeness (QED) is 0.887. The minimum Gasteiger partial charge on any atom is -0.393 e. The Morgan fingerprint density at radius 2 is 2.10 bits per heavy atom. The first-order chi connectivity index (χ1) is 9.86. The number of hydrogen-bond acceptors (Lipinski definition) is 3. The van der Waals surface area contributed by atoms with E-state index in [9.17, 15) is 5.11 Å². The van der Waals surface area contributed by atoms with Crippen LogP contribution in [0.25, 0.3) is 0 Å². The van der Waals surface area contributed by atoms with Crippen LogP contribution in [0.2, 0.25) is 0 Å². The van der Waals surface area contributed by atoms with E-state index in [-0.39, 0.29) is 6.10 Å². The summed E-state index contributed by atoms with van der Waals surface area (Å²) in [6, 6.07) is 4.34. The summed E-state index contributed by atoms with van der Waals surface area (Å²) >= 11 is 1.84. The average molecular weight is 310 g/mol. The van der Waals surface area contributed by atoms with Gasteiger partial charge in [0.1, 0.15) is 0 Å². The van der Waals surface area contributed by atoms with Crippen molar-refractivity contribution in [2.75, 3.05) is 20.1 Å². The normalized spacial score (nSPS) is 27.2. The minimum absolute atomic E-state index is 0.104. The molecule has 0 aromatic carbocycles. The Kier molecular flexibility index (Phi) is 5.87. The zero-order chi connectivity index (χ0) is 15.5. The molecule has 0 bridgehead atoms. The summed E-state index contributed by atoms with van der Waals surface area (Å²) in [5.41, 5.74) is 0.369. The second-order valence-electron chi connectivity index (χ2n) is 7.80. The van der Waals surface area contributed by atoms with Gasteiger partial charge in [0.2, 0.25) is 0 Å². The van der Waals surface area contributed by atoms with Crippen molar-refractivity contribution < 1.29 is 5.11 Å². The molecule has 120 valence electrons. The van der Waals surface area contributed by atoms with Gasteiger partial charge in [0.25, 0.3) is 0 Å². The van der Waals surface area contributed by atoms with Crippen LogP contribution in [-0.2, 0) is 6.42 Å². The molecule has 3 heteroatoms. The molecule has 0 radical (unpaired) electrons. The largest absolute Gasteiger partial charge is 0.393 e. The van der Waals surface area contributed by atoms with Gasteiger partial charge in [-0.25, -0.2) is 0 Å². The Hall–Kier alpha value is -0.380. The van der Waals surface area contributed by atoms with Gasteiger partial charge in [-0.3, -0.25) is 0 Å². The lowest BCUT2D eigenvalue weighted by Crippen LogP contribution is -2.40. The summed E-state index contributed by atoms with van der Waals surface area (Å²) < 4.78 is 0. The fourth-order valence-corrected chi connectivity index (χ4v) is 4.18. The number of aliphatic hydroxyl groups is 1. The second kappa shape index (κ2) is 7.26. The Labute approximate surface area is 134 Å². The zero-order valence-electron chi connectivity index (χ0n) is 14.0. The van der Waals surface area contributed by atoms with Gasteiger partial charge in [0.05, 0.1) is 6.10 Å². The van der Waals surface area contributed by atoms with Crippen LogP contribution in [0, 0.1) is 17.3 Å². The summed E-state index contributed by atoms with van der Waals surface area (Å²) in [7, 11) is 2.20. The monoisotopic (exact) mass is 309 g/mol. The molecule has 1 heterocycles. The third kappa shape index (κ3) is 5.08. The average Bonchev–Trinajstić information content (AvgIpc) is 2.91. The van der Waals surface area contributed by atoms with E-state index >= 15 is 0 Å². The molecule has 1 N–H and O–H groups in total. The fraction of sp³-hybridized carbons (Fsp3) is 0.778. The molecule has 3 unspecified atom stereocenters. The molecule has 21 heavy (non-hydrogen) atoms. The fourth-order valence-electron chi connectivity index (χ4n) is 3.48. The third-order valence-electron chi connectivity index (χ3n) is 5.03. The van der Waals surface area contributed by atoms with Gasteiger partial charge in [0, 0.05) is 18.0 Å². The molecule has 1 aromatic heterocycles. The maximum atomic E-state index is 10.3. The Morgan fingerprint density at radius 3 is 2.71 bits per heavy atom. The van der Waals surface area contributed by atoms with Crippen LogP contribution in [0.5, 0.6) is 0 Å². The van der Waals surface area contributed by atoms with Gasteiger partial charge in [-0.05, 0) is 61.4 Å². The Bertz CT molecular complexity index is 409. The van der Waals surface area contributed by atoms with Gasteiger partial charge in [0.15, 0.2) is 0 Å². The molecule has 0 aliphatic heterocycles. The van der Waals surface area contributed by atoms with Crippen LogP contribution in [0.4, 0.5) is 0 Å². The van der Waals surface area contributed by atoms with Crippen molar-refractivity contribution in [2.45, 2.75) is 52.6 Å². The Morgan fingerprint density at radius 1 is 1.33 bits per heavy atom. The van der Waals surface area contributed by atoms with Crippen molar-refractivity contribution in [1.82, 2.24) is 4.90 Å².